The van der Waals surface area contributed by atoms with Gasteiger partial charge in [-0.1, -0.05) is 5.21 Å². The molecule has 2 aromatic heterocycles. The predicted octanol–water partition coefficient (Wildman–Crippen LogP) is -0.146. The smallest absolute Gasteiger partial charge is 0.219 e. The number of anilines is 1. The summed E-state index contributed by atoms with van der Waals surface area (Å²) < 4.78 is 1.65. The lowest BCUT2D eigenvalue weighted by Crippen LogP contribution is -1.97. The second-order valence-corrected chi connectivity index (χ2v) is 2.57. The van der Waals surface area contributed by atoms with E-state index in [2.05, 4.69) is 20.3 Å². The lowest BCUT2D eigenvalue weighted by Gasteiger charge is -1.98. The quantitative estimate of drug-likeness (QED) is 0.653. The second kappa shape index (κ2) is 2.81. The van der Waals surface area contributed by atoms with Crippen molar-refractivity contribution in [3.63, 3.8) is 0 Å². The Hall–Kier alpha value is -1.98. The molecule has 0 amide bonds. The fourth-order valence-corrected chi connectivity index (χ4v) is 1.02. The fourth-order valence-electron chi connectivity index (χ4n) is 1.02. The van der Waals surface area contributed by atoms with Crippen LogP contribution in [0.5, 0.6) is 0 Å². The maximum Gasteiger partial charge on any atom is 0.219 e. The van der Waals surface area contributed by atoms with Crippen molar-refractivity contribution in [1.29, 1.82) is 0 Å². The summed E-state index contributed by atoms with van der Waals surface area (Å²) in [4.78, 5) is 7.75. The third-order valence-electron chi connectivity index (χ3n) is 1.68. The van der Waals surface area contributed by atoms with Crippen LogP contribution in [0.3, 0.4) is 0 Å². The zero-order chi connectivity index (χ0) is 9.26. The van der Waals surface area contributed by atoms with E-state index in [0.29, 0.717) is 0 Å². The molecule has 0 aromatic carbocycles. The first-order valence-electron chi connectivity index (χ1n) is 3.70. The van der Waals surface area contributed by atoms with E-state index in [9.17, 15) is 0 Å². The van der Waals surface area contributed by atoms with Gasteiger partial charge in [-0.25, -0.2) is 14.6 Å². The lowest BCUT2D eigenvalue weighted by molar-refractivity contribution is 0.720. The van der Waals surface area contributed by atoms with Crippen molar-refractivity contribution < 1.29 is 0 Å². The van der Waals surface area contributed by atoms with Gasteiger partial charge in [-0.3, -0.25) is 0 Å². The minimum absolute atomic E-state index is 0.263. The highest BCUT2D eigenvalue weighted by Crippen LogP contribution is 2.14. The SMILES string of the molecule is Cn1nncc1-c1cnc(N)nc1. The normalized spacial score (nSPS) is 10.2. The molecule has 0 bridgehead atoms. The first-order valence-corrected chi connectivity index (χ1v) is 3.70. The summed E-state index contributed by atoms with van der Waals surface area (Å²) in [6.45, 7) is 0. The van der Waals surface area contributed by atoms with Crippen molar-refractivity contribution in [3.8, 4) is 11.3 Å². The maximum absolute atomic E-state index is 5.36. The van der Waals surface area contributed by atoms with Gasteiger partial charge in [0.25, 0.3) is 0 Å². The third kappa shape index (κ3) is 1.33. The van der Waals surface area contributed by atoms with Crippen LogP contribution in [0.15, 0.2) is 18.6 Å². The lowest BCUT2D eigenvalue weighted by atomic mass is 10.3. The minimum atomic E-state index is 0.263. The zero-order valence-electron chi connectivity index (χ0n) is 7.05. The van der Waals surface area contributed by atoms with Crippen molar-refractivity contribution in [1.82, 2.24) is 25.0 Å². The highest BCUT2D eigenvalue weighted by atomic mass is 15.4. The molecule has 6 heteroatoms. The van der Waals surface area contributed by atoms with Crippen LogP contribution < -0.4 is 5.73 Å². The van der Waals surface area contributed by atoms with Crippen LogP contribution in [0, 0.1) is 0 Å². The summed E-state index contributed by atoms with van der Waals surface area (Å²) >= 11 is 0. The van der Waals surface area contributed by atoms with Gasteiger partial charge in [-0.2, -0.15) is 0 Å². The van der Waals surface area contributed by atoms with Gasteiger partial charge >= 0.3 is 0 Å². The van der Waals surface area contributed by atoms with Crippen LogP contribution in [-0.4, -0.2) is 25.0 Å². The van der Waals surface area contributed by atoms with Crippen molar-refractivity contribution in [2.24, 2.45) is 7.05 Å². The molecular formula is C7H8N6. The number of rotatable bonds is 1. The molecule has 0 aliphatic heterocycles. The average molecular weight is 176 g/mol. The van der Waals surface area contributed by atoms with Crippen LogP contribution >= 0.6 is 0 Å². The van der Waals surface area contributed by atoms with Gasteiger partial charge < -0.3 is 5.73 Å². The zero-order valence-corrected chi connectivity index (χ0v) is 7.05. The molecule has 6 nitrogen and oxygen atoms in total. The van der Waals surface area contributed by atoms with Crippen molar-refractivity contribution in [3.05, 3.63) is 18.6 Å². The topological polar surface area (TPSA) is 82.5 Å². The Kier molecular flexibility index (Phi) is 1.66. The summed E-state index contributed by atoms with van der Waals surface area (Å²) in [6, 6.07) is 0. The standard InChI is InChI=1S/C7H8N6/c1-13-6(4-11-12-13)5-2-9-7(8)10-3-5/h2-4H,1H3,(H2,8,9,10). The highest BCUT2D eigenvalue weighted by Gasteiger charge is 2.03. The van der Waals surface area contributed by atoms with E-state index >= 15 is 0 Å². The molecule has 66 valence electrons. The van der Waals surface area contributed by atoms with Crippen molar-refractivity contribution in [2.75, 3.05) is 5.73 Å². The molecule has 0 atom stereocenters. The van der Waals surface area contributed by atoms with Crippen LogP contribution in [0.25, 0.3) is 11.3 Å². The van der Waals surface area contributed by atoms with Gasteiger partial charge in [0.2, 0.25) is 5.95 Å². The second-order valence-electron chi connectivity index (χ2n) is 2.57. The Bertz CT molecular complexity index is 403. The number of hydrogen-bond acceptors (Lipinski definition) is 5. The molecule has 13 heavy (non-hydrogen) atoms. The Balaban J connectivity index is 2.47. The number of nitrogen functional groups attached to an aromatic ring is 1. The van der Waals surface area contributed by atoms with Gasteiger partial charge in [0.1, 0.15) is 0 Å². The van der Waals surface area contributed by atoms with Gasteiger partial charge in [0.15, 0.2) is 0 Å². The highest BCUT2D eigenvalue weighted by molar-refractivity contribution is 5.55. The van der Waals surface area contributed by atoms with Crippen molar-refractivity contribution >= 4 is 5.95 Å². The Morgan fingerprint density at radius 1 is 1.23 bits per heavy atom. The van der Waals surface area contributed by atoms with E-state index in [1.165, 1.54) is 0 Å². The molecule has 0 spiro atoms. The molecule has 2 heterocycles. The third-order valence-corrected chi connectivity index (χ3v) is 1.68. The van der Waals surface area contributed by atoms with Gasteiger partial charge in [-0.15, -0.1) is 5.10 Å². The molecule has 0 fully saturated rings. The van der Waals surface area contributed by atoms with E-state index in [1.54, 1.807) is 30.3 Å². The predicted molar refractivity (Wildman–Crippen MR) is 46.4 cm³/mol. The Morgan fingerprint density at radius 2 is 1.92 bits per heavy atom. The number of nitrogens with two attached hydrogens (primary N) is 1. The summed E-state index contributed by atoms with van der Waals surface area (Å²) in [5.74, 6) is 0.263. The Morgan fingerprint density at radius 3 is 2.46 bits per heavy atom. The summed E-state index contributed by atoms with van der Waals surface area (Å²) in [5.41, 5.74) is 7.07. The molecule has 0 aliphatic carbocycles. The molecule has 2 aromatic rings. The van der Waals surface area contributed by atoms with E-state index in [4.69, 9.17) is 5.73 Å². The molecule has 0 unspecified atom stereocenters. The van der Waals surface area contributed by atoms with E-state index in [-0.39, 0.29) is 5.95 Å². The molecular weight excluding hydrogens is 168 g/mol. The summed E-state index contributed by atoms with van der Waals surface area (Å²) in [6.07, 6.45) is 4.93. The first-order chi connectivity index (χ1) is 6.27. The van der Waals surface area contributed by atoms with Crippen LogP contribution in [0.4, 0.5) is 5.95 Å². The number of hydrogen-bond donors (Lipinski definition) is 1. The van der Waals surface area contributed by atoms with Gasteiger partial charge in [0, 0.05) is 25.0 Å². The number of aromatic nitrogens is 5. The number of nitrogens with zero attached hydrogens (tertiary/aromatic N) is 5. The molecule has 2 rings (SSSR count). The maximum atomic E-state index is 5.36. The first kappa shape index (κ1) is 7.66. The Labute approximate surface area is 74.4 Å². The molecule has 0 saturated carbocycles. The summed E-state index contributed by atoms with van der Waals surface area (Å²) in [5, 5.41) is 7.54. The van der Waals surface area contributed by atoms with Crippen LogP contribution in [-0.2, 0) is 7.05 Å². The van der Waals surface area contributed by atoms with Gasteiger partial charge in [-0.05, 0) is 0 Å². The van der Waals surface area contributed by atoms with E-state index < -0.39 is 0 Å². The molecule has 2 N–H and O–H groups in total. The van der Waals surface area contributed by atoms with Crippen LogP contribution in [0.2, 0.25) is 0 Å². The largest absolute Gasteiger partial charge is 0.368 e. The minimum Gasteiger partial charge on any atom is -0.368 e. The van der Waals surface area contributed by atoms with Crippen molar-refractivity contribution in [2.45, 2.75) is 0 Å². The summed E-state index contributed by atoms with van der Waals surface area (Å²) in [7, 11) is 1.80. The van der Waals surface area contributed by atoms with E-state index in [0.717, 1.165) is 11.3 Å². The molecule has 0 aliphatic rings. The molecule has 0 saturated heterocycles. The number of aryl methyl sites for hydroxylation is 1. The van der Waals surface area contributed by atoms with Gasteiger partial charge in [0.05, 0.1) is 11.9 Å². The average Bonchev–Trinajstić information content (AvgIpc) is 2.53. The monoisotopic (exact) mass is 176 g/mol. The van der Waals surface area contributed by atoms with E-state index in [1.807, 2.05) is 0 Å². The van der Waals surface area contributed by atoms with Crippen LogP contribution in [0.1, 0.15) is 0 Å². The fraction of sp³-hybridized carbons (Fsp3) is 0.143. The molecule has 0 radical (unpaired) electrons.